The molecule has 0 radical (unpaired) electrons. The monoisotopic (exact) mass is 239 g/mol. The minimum atomic E-state index is -0.560. The highest BCUT2D eigenvalue weighted by atomic mass is 19.1. The molecule has 0 aliphatic carbocycles. The largest absolute Gasteiger partial charge is 0.505 e. The number of halogens is 1. The standard InChI is InChI=1S/C13H18FNO2/c1-13(2)9-15(5-6-17-13)8-10-3-4-12(16)11(14)7-10/h3-4,7,16H,5-6,8-9H2,1-2H3. The summed E-state index contributed by atoms with van der Waals surface area (Å²) in [5.41, 5.74) is 0.728. The van der Waals surface area contributed by atoms with Crippen LogP contribution in [-0.4, -0.2) is 35.3 Å². The lowest BCUT2D eigenvalue weighted by molar-refractivity contribution is -0.0882. The van der Waals surface area contributed by atoms with Crippen molar-refractivity contribution < 1.29 is 14.2 Å². The number of morpholine rings is 1. The summed E-state index contributed by atoms with van der Waals surface area (Å²) >= 11 is 0. The van der Waals surface area contributed by atoms with Gasteiger partial charge in [0.1, 0.15) is 0 Å². The van der Waals surface area contributed by atoms with Gasteiger partial charge in [0.05, 0.1) is 12.2 Å². The van der Waals surface area contributed by atoms with Gasteiger partial charge in [0.2, 0.25) is 0 Å². The van der Waals surface area contributed by atoms with Gasteiger partial charge in [-0.05, 0) is 31.5 Å². The summed E-state index contributed by atoms with van der Waals surface area (Å²) in [5, 5.41) is 9.12. The fourth-order valence-corrected chi connectivity index (χ4v) is 2.16. The molecule has 0 spiro atoms. The molecule has 1 saturated heterocycles. The van der Waals surface area contributed by atoms with Crippen LogP contribution in [-0.2, 0) is 11.3 Å². The molecule has 1 aliphatic rings. The van der Waals surface area contributed by atoms with Crippen LogP contribution in [0, 0.1) is 5.82 Å². The number of benzene rings is 1. The lowest BCUT2D eigenvalue weighted by atomic mass is 10.1. The van der Waals surface area contributed by atoms with Gasteiger partial charge in [-0.2, -0.15) is 0 Å². The van der Waals surface area contributed by atoms with Crippen molar-refractivity contribution in [2.24, 2.45) is 0 Å². The normalized spacial score (nSPS) is 20.4. The van der Waals surface area contributed by atoms with E-state index in [9.17, 15) is 4.39 Å². The number of hydrogen-bond acceptors (Lipinski definition) is 3. The van der Waals surface area contributed by atoms with Gasteiger partial charge in [0, 0.05) is 19.6 Å². The number of aromatic hydroxyl groups is 1. The molecule has 0 amide bonds. The SMILES string of the molecule is CC1(C)CN(Cc2ccc(O)c(F)c2)CCO1. The Hall–Kier alpha value is -1.13. The van der Waals surface area contributed by atoms with Gasteiger partial charge in [0.15, 0.2) is 11.6 Å². The maximum atomic E-state index is 13.2. The Morgan fingerprint density at radius 2 is 2.24 bits per heavy atom. The van der Waals surface area contributed by atoms with Crippen molar-refractivity contribution in [2.75, 3.05) is 19.7 Å². The van der Waals surface area contributed by atoms with E-state index in [1.54, 1.807) is 6.07 Å². The molecule has 1 aliphatic heterocycles. The van der Waals surface area contributed by atoms with E-state index >= 15 is 0 Å². The van der Waals surface area contributed by atoms with Crippen molar-refractivity contribution >= 4 is 0 Å². The zero-order valence-corrected chi connectivity index (χ0v) is 10.2. The lowest BCUT2D eigenvalue weighted by Crippen LogP contribution is -2.47. The van der Waals surface area contributed by atoms with Crippen LogP contribution < -0.4 is 0 Å². The van der Waals surface area contributed by atoms with E-state index < -0.39 is 5.82 Å². The Kier molecular flexibility index (Phi) is 3.35. The maximum Gasteiger partial charge on any atom is 0.165 e. The van der Waals surface area contributed by atoms with E-state index in [1.807, 2.05) is 0 Å². The van der Waals surface area contributed by atoms with E-state index in [-0.39, 0.29) is 11.4 Å². The molecule has 0 bridgehead atoms. The van der Waals surface area contributed by atoms with E-state index in [4.69, 9.17) is 9.84 Å². The third-order valence-corrected chi connectivity index (χ3v) is 2.92. The molecule has 2 rings (SSSR count). The summed E-state index contributed by atoms with van der Waals surface area (Å²) in [6.07, 6.45) is 0. The fraction of sp³-hybridized carbons (Fsp3) is 0.538. The highest BCUT2D eigenvalue weighted by Crippen LogP contribution is 2.21. The second-order valence-corrected chi connectivity index (χ2v) is 5.10. The molecular weight excluding hydrogens is 221 g/mol. The van der Waals surface area contributed by atoms with Gasteiger partial charge in [-0.15, -0.1) is 0 Å². The summed E-state index contributed by atoms with van der Waals surface area (Å²) in [4.78, 5) is 2.23. The zero-order valence-electron chi connectivity index (χ0n) is 10.2. The molecule has 1 aromatic carbocycles. The maximum absolute atomic E-state index is 13.2. The van der Waals surface area contributed by atoms with Crippen LogP contribution in [0.3, 0.4) is 0 Å². The number of rotatable bonds is 2. The molecule has 4 heteroatoms. The first-order valence-corrected chi connectivity index (χ1v) is 5.80. The Labute approximate surface area is 101 Å². The Morgan fingerprint density at radius 1 is 1.47 bits per heavy atom. The van der Waals surface area contributed by atoms with Crippen molar-refractivity contribution in [2.45, 2.75) is 26.0 Å². The van der Waals surface area contributed by atoms with Gasteiger partial charge in [-0.1, -0.05) is 6.07 Å². The molecule has 0 atom stereocenters. The second-order valence-electron chi connectivity index (χ2n) is 5.10. The van der Waals surface area contributed by atoms with E-state index in [2.05, 4.69) is 18.7 Å². The molecule has 1 fully saturated rings. The third-order valence-electron chi connectivity index (χ3n) is 2.92. The lowest BCUT2D eigenvalue weighted by Gasteiger charge is -2.38. The van der Waals surface area contributed by atoms with Crippen molar-refractivity contribution in [3.63, 3.8) is 0 Å². The molecule has 0 unspecified atom stereocenters. The summed E-state index contributed by atoms with van der Waals surface area (Å²) in [5.74, 6) is -0.855. The highest BCUT2D eigenvalue weighted by Gasteiger charge is 2.27. The van der Waals surface area contributed by atoms with Crippen LogP contribution in [0.2, 0.25) is 0 Å². The van der Waals surface area contributed by atoms with Crippen LogP contribution in [0.4, 0.5) is 4.39 Å². The molecular formula is C13H18FNO2. The van der Waals surface area contributed by atoms with E-state index in [0.717, 1.165) is 18.7 Å². The van der Waals surface area contributed by atoms with Gasteiger partial charge in [-0.3, -0.25) is 4.90 Å². The van der Waals surface area contributed by atoms with Crippen LogP contribution in [0.1, 0.15) is 19.4 Å². The third kappa shape index (κ3) is 3.17. The van der Waals surface area contributed by atoms with Crippen LogP contribution in [0.15, 0.2) is 18.2 Å². The Balaban J connectivity index is 2.03. The Morgan fingerprint density at radius 3 is 2.88 bits per heavy atom. The molecule has 0 aromatic heterocycles. The van der Waals surface area contributed by atoms with Crippen LogP contribution >= 0.6 is 0 Å². The number of phenolic OH excluding ortho intramolecular Hbond substituents is 1. The van der Waals surface area contributed by atoms with E-state index in [1.165, 1.54) is 12.1 Å². The van der Waals surface area contributed by atoms with Crippen molar-refractivity contribution in [1.29, 1.82) is 0 Å². The van der Waals surface area contributed by atoms with Gasteiger partial charge in [-0.25, -0.2) is 4.39 Å². The van der Waals surface area contributed by atoms with Crippen LogP contribution in [0.25, 0.3) is 0 Å². The van der Waals surface area contributed by atoms with Gasteiger partial charge in [0.25, 0.3) is 0 Å². The zero-order chi connectivity index (χ0) is 12.5. The summed E-state index contributed by atoms with van der Waals surface area (Å²) in [6, 6.07) is 4.54. The number of hydrogen-bond donors (Lipinski definition) is 1. The number of nitrogens with zero attached hydrogens (tertiary/aromatic N) is 1. The minimum absolute atomic E-state index is 0.145. The molecule has 0 saturated carbocycles. The first kappa shape index (κ1) is 12.3. The summed E-state index contributed by atoms with van der Waals surface area (Å²) in [6.45, 7) is 7.17. The highest BCUT2D eigenvalue weighted by molar-refractivity contribution is 5.28. The molecule has 17 heavy (non-hydrogen) atoms. The Bertz CT molecular complexity index is 406. The van der Waals surface area contributed by atoms with Crippen LogP contribution in [0.5, 0.6) is 5.75 Å². The fourth-order valence-electron chi connectivity index (χ4n) is 2.16. The summed E-state index contributed by atoms with van der Waals surface area (Å²) in [7, 11) is 0. The predicted octanol–water partition coefficient (Wildman–Crippen LogP) is 2.14. The van der Waals surface area contributed by atoms with Crippen molar-refractivity contribution in [1.82, 2.24) is 4.90 Å². The topological polar surface area (TPSA) is 32.7 Å². The van der Waals surface area contributed by atoms with Gasteiger partial charge >= 0.3 is 0 Å². The number of ether oxygens (including phenoxy) is 1. The first-order chi connectivity index (χ1) is 7.96. The molecule has 1 heterocycles. The first-order valence-electron chi connectivity index (χ1n) is 5.80. The number of phenols is 1. The smallest absolute Gasteiger partial charge is 0.165 e. The second kappa shape index (κ2) is 4.63. The minimum Gasteiger partial charge on any atom is -0.505 e. The molecule has 94 valence electrons. The molecule has 1 aromatic rings. The van der Waals surface area contributed by atoms with Gasteiger partial charge < -0.3 is 9.84 Å². The van der Waals surface area contributed by atoms with Crippen molar-refractivity contribution in [3.8, 4) is 5.75 Å². The predicted molar refractivity (Wildman–Crippen MR) is 63.4 cm³/mol. The average Bonchev–Trinajstić information content (AvgIpc) is 2.22. The summed E-state index contributed by atoms with van der Waals surface area (Å²) < 4.78 is 18.8. The average molecular weight is 239 g/mol. The van der Waals surface area contributed by atoms with E-state index in [0.29, 0.717) is 13.2 Å². The van der Waals surface area contributed by atoms with Crippen molar-refractivity contribution in [3.05, 3.63) is 29.6 Å². The molecule has 1 N–H and O–H groups in total. The quantitative estimate of drug-likeness (QED) is 0.858. The molecule has 3 nitrogen and oxygen atoms in total.